The topological polar surface area (TPSA) is 38.2 Å². The molecule has 6 heteroatoms. The second-order valence-electron chi connectivity index (χ2n) is 4.12. The standard InChI is InChI=1S/C14H15Cl2N3O/c1-20-14-17-9-12(16)13(18-14)19(8-7-15)10-11-5-3-2-4-6-11/h2-6,9H,7-8,10H2,1H3. The number of benzene rings is 1. The van der Waals surface area contributed by atoms with E-state index in [9.17, 15) is 0 Å². The van der Waals surface area contributed by atoms with Crippen molar-refractivity contribution in [2.24, 2.45) is 0 Å². The predicted molar refractivity (Wildman–Crippen MR) is 81.8 cm³/mol. The fourth-order valence-electron chi connectivity index (χ4n) is 1.83. The summed E-state index contributed by atoms with van der Waals surface area (Å²) in [4.78, 5) is 10.3. The van der Waals surface area contributed by atoms with Crippen molar-refractivity contribution in [1.29, 1.82) is 0 Å². The Bertz CT molecular complexity index is 551. The first-order valence-corrected chi connectivity index (χ1v) is 7.07. The van der Waals surface area contributed by atoms with Gasteiger partial charge in [-0.15, -0.1) is 11.6 Å². The molecule has 0 saturated heterocycles. The maximum absolute atomic E-state index is 6.18. The highest BCUT2D eigenvalue weighted by Crippen LogP contribution is 2.25. The van der Waals surface area contributed by atoms with Crippen LogP contribution in [0.2, 0.25) is 5.02 Å². The van der Waals surface area contributed by atoms with Gasteiger partial charge >= 0.3 is 6.01 Å². The molecule has 0 aliphatic carbocycles. The molecule has 1 heterocycles. The van der Waals surface area contributed by atoms with E-state index in [-0.39, 0.29) is 6.01 Å². The first-order valence-electron chi connectivity index (χ1n) is 6.16. The average molecular weight is 312 g/mol. The summed E-state index contributed by atoms with van der Waals surface area (Å²) in [5.74, 6) is 1.11. The number of methoxy groups -OCH3 is 1. The lowest BCUT2D eigenvalue weighted by atomic mass is 10.2. The van der Waals surface area contributed by atoms with E-state index < -0.39 is 0 Å². The van der Waals surface area contributed by atoms with Gasteiger partial charge in [-0.05, 0) is 5.56 Å². The lowest BCUT2D eigenvalue weighted by Crippen LogP contribution is -2.26. The Morgan fingerprint density at radius 2 is 2.00 bits per heavy atom. The highest BCUT2D eigenvalue weighted by atomic mass is 35.5. The van der Waals surface area contributed by atoms with Gasteiger partial charge in [0.05, 0.1) is 13.3 Å². The number of ether oxygens (including phenoxy) is 1. The minimum atomic E-state index is 0.289. The van der Waals surface area contributed by atoms with Crippen LogP contribution >= 0.6 is 23.2 Å². The molecule has 0 fully saturated rings. The van der Waals surface area contributed by atoms with E-state index in [1.165, 1.54) is 13.3 Å². The van der Waals surface area contributed by atoms with Gasteiger partial charge in [-0.1, -0.05) is 41.9 Å². The van der Waals surface area contributed by atoms with E-state index in [2.05, 4.69) is 9.97 Å². The third-order valence-corrected chi connectivity index (χ3v) is 3.19. The number of aromatic nitrogens is 2. The van der Waals surface area contributed by atoms with Crippen LogP contribution in [0, 0.1) is 0 Å². The van der Waals surface area contributed by atoms with Crippen molar-refractivity contribution in [3.63, 3.8) is 0 Å². The molecule has 106 valence electrons. The largest absolute Gasteiger partial charge is 0.467 e. The van der Waals surface area contributed by atoms with E-state index in [1.807, 2.05) is 35.2 Å². The van der Waals surface area contributed by atoms with Crippen LogP contribution in [0.1, 0.15) is 5.56 Å². The molecule has 1 aromatic carbocycles. The van der Waals surface area contributed by atoms with Gasteiger partial charge < -0.3 is 9.64 Å². The van der Waals surface area contributed by atoms with Crippen LogP contribution < -0.4 is 9.64 Å². The minimum Gasteiger partial charge on any atom is -0.467 e. The maximum atomic E-state index is 6.18. The van der Waals surface area contributed by atoms with Crippen molar-refractivity contribution in [1.82, 2.24) is 9.97 Å². The zero-order chi connectivity index (χ0) is 14.4. The number of rotatable bonds is 6. The number of hydrogen-bond acceptors (Lipinski definition) is 4. The first kappa shape index (κ1) is 14.9. The lowest BCUT2D eigenvalue weighted by molar-refractivity contribution is 0.379. The molecule has 0 aliphatic heterocycles. The van der Waals surface area contributed by atoms with Gasteiger partial charge in [-0.3, -0.25) is 0 Å². The zero-order valence-corrected chi connectivity index (χ0v) is 12.6. The lowest BCUT2D eigenvalue weighted by Gasteiger charge is -2.23. The molecule has 20 heavy (non-hydrogen) atoms. The minimum absolute atomic E-state index is 0.289. The molecule has 0 saturated carbocycles. The molecule has 0 atom stereocenters. The van der Waals surface area contributed by atoms with E-state index in [4.69, 9.17) is 27.9 Å². The van der Waals surface area contributed by atoms with Gasteiger partial charge in [0.25, 0.3) is 0 Å². The second kappa shape index (κ2) is 7.31. The van der Waals surface area contributed by atoms with Crippen molar-refractivity contribution in [3.05, 3.63) is 47.1 Å². The molecule has 0 amide bonds. The van der Waals surface area contributed by atoms with Crippen molar-refractivity contribution < 1.29 is 4.74 Å². The summed E-state index contributed by atoms with van der Waals surface area (Å²) in [5, 5.41) is 0.479. The highest BCUT2D eigenvalue weighted by Gasteiger charge is 2.14. The maximum Gasteiger partial charge on any atom is 0.318 e. The summed E-state index contributed by atoms with van der Waals surface area (Å²) >= 11 is 12.1. The molecule has 0 bridgehead atoms. The van der Waals surface area contributed by atoms with Crippen molar-refractivity contribution in [2.75, 3.05) is 24.4 Å². The van der Waals surface area contributed by atoms with Gasteiger partial charge in [-0.2, -0.15) is 4.98 Å². The van der Waals surface area contributed by atoms with Crippen molar-refractivity contribution in [2.45, 2.75) is 6.54 Å². The third-order valence-electron chi connectivity index (χ3n) is 2.76. The molecule has 0 aliphatic rings. The van der Waals surface area contributed by atoms with Crippen LogP contribution in [-0.4, -0.2) is 29.5 Å². The molecule has 0 N–H and O–H groups in total. The normalized spacial score (nSPS) is 10.3. The molecule has 1 aromatic heterocycles. The number of hydrogen-bond donors (Lipinski definition) is 0. The summed E-state index contributed by atoms with van der Waals surface area (Å²) in [6, 6.07) is 10.4. The molecule has 0 spiro atoms. The summed E-state index contributed by atoms with van der Waals surface area (Å²) in [5.41, 5.74) is 1.16. The summed E-state index contributed by atoms with van der Waals surface area (Å²) in [6.45, 7) is 1.31. The van der Waals surface area contributed by atoms with Crippen molar-refractivity contribution in [3.8, 4) is 6.01 Å². The van der Waals surface area contributed by atoms with E-state index >= 15 is 0 Å². The monoisotopic (exact) mass is 311 g/mol. The van der Waals surface area contributed by atoms with E-state index in [0.717, 1.165) is 5.56 Å². The molecule has 0 radical (unpaired) electrons. The molecule has 0 unspecified atom stereocenters. The summed E-state index contributed by atoms with van der Waals surface area (Å²) in [6.07, 6.45) is 1.54. The Morgan fingerprint density at radius 1 is 1.25 bits per heavy atom. The Balaban J connectivity index is 2.28. The Hall–Kier alpha value is -1.52. The fourth-order valence-corrected chi connectivity index (χ4v) is 2.24. The third kappa shape index (κ3) is 3.74. The predicted octanol–water partition coefficient (Wildman–Crippen LogP) is 3.38. The molecule has 2 rings (SSSR count). The quantitative estimate of drug-likeness (QED) is 0.767. The van der Waals surface area contributed by atoms with Gasteiger partial charge in [-0.25, -0.2) is 4.98 Å². The second-order valence-corrected chi connectivity index (χ2v) is 4.91. The van der Waals surface area contributed by atoms with Crippen LogP contribution in [-0.2, 0) is 6.54 Å². The smallest absolute Gasteiger partial charge is 0.318 e. The average Bonchev–Trinajstić information content (AvgIpc) is 2.48. The van der Waals surface area contributed by atoms with Crippen LogP contribution in [0.3, 0.4) is 0 Å². The van der Waals surface area contributed by atoms with E-state index in [0.29, 0.717) is 29.8 Å². The van der Waals surface area contributed by atoms with Gasteiger partial charge in [0.2, 0.25) is 0 Å². The van der Waals surface area contributed by atoms with Crippen LogP contribution in [0.4, 0.5) is 5.82 Å². The van der Waals surface area contributed by atoms with Crippen LogP contribution in [0.15, 0.2) is 36.5 Å². The Labute approximate surface area is 128 Å². The molecular formula is C14H15Cl2N3O. The molecule has 2 aromatic rings. The van der Waals surface area contributed by atoms with Gasteiger partial charge in [0.15, 0.2) is 5.82 Å². The molecular weight excluding hydrogens is 297 g/mol. The number of anilines is 1. The fraction of sp³-hybridized carbons (Fsp3) is 0.286. The number of nitrogens with zero attached hydrogens (tertiary/aromatic N) is 3. The first-order chi connectivity index (χ1) is 9.74. The summed E-state index contributed by atoms with van der Waals surface area (Å²) < 4.78 is 5.05. The SMILES string of the molecule is COc1ncc(Cl)c(N(CCCl)Cc2ccccc2)n1. The zero-order valence-electron chi connectivity index (χ0n) is 11.1. The molecule has 4 nitrogen and oxygen atoms in total. The number of halogens is 2. The summed E-state index contributed by atoms with van der Waals surface area (Å²) in [7, 11) is 1.52. The van der Waals surface area contributed by atoms with Crippen LogP contribution in [0.25, 0.3) is 0 Å². The van der Waals surface area contributed by atoms with Crippen molar-refractivity contribution >= 4 is 29.0 Å². The van der Waals surface area contributed by atoms with E-state index in [1.54, 1.807) is 0 Å². The highest BCUT2D eigenvalue weighted by molar-refractivity contribution is 6.32. The van der Waals surface area contributed by atoms with Gasteiger partial charge in [0, 0.05) is 19.0 Å². The Kier molecular flexibility index (Phi) is 5.44. The number of alkyl halides is 1. The Morgan fingerprint density at radius 3 is 2.65 bits per heavy atom. The van der Waals surface area contributed by atoms with Gasteiger partial charge in [0.1, 0.15) is 5.02 Å². The van der Waals surface area contributed by atoms with Crippen LogP contribution in [0.5, 0.6) is 6.01 Å².